The molecule has 0 heterocycles. The average molecular weight is 189 g/mol. The van der Waals surface area contributed by atoms with E-state index in [2.05, 4.69) is 39.6 Å². The molecule has 12 heavy (non-hydrogen) atoms. The molecule has 0 fully saturated rings. The Bertz CT molecular complexity index is 119. The zero-order chi connectivity index (χ0) is 9.83. The van der Waals surface area contributed by atoms with Gasteiger partial charge in [0.1, 0.15) is 0 Å². The summed E-state index contributed by atoms with van der Waals surface area (Å²) in [4.78, 5) is 3.64. The van der Waals surface area contributed by atoms with E-state index >= 15 is 0 Å². The van der Waals surface area contributed by atoms with Gasteiger partial charge in [0.25, 0.3) is 8.48 Å². The first kappa shape index (κ1) is 12.1. The summed E-state index contributed by atoms with van der Waals surface area (Å²) in [5.41, 5.74) is 0.175. The Labute approximate surface area is 77.9 Å². The Balaban J connectivity index is 4.30. The van der Waals surface area contributed by atoms with E-state index in [0.717, 1.165) is 12.1 Å². The molecule has 0 rings (SSSR count). The van der Waals surface area contributed by atoms with E-state index in [4.69, 9.17) is 4.43 Å². The quantitative estimate of drug-likeness (QED) is 0.686. The van der Waals surface area contributed by atoms with Crippen LogP contribution in [0.4, 0.5) is 0 Å². The highest BCUT2D eigenvalue weighted by atomic mass is 28.4. The Morgan fingerprint density at radius 2 is 1.58 bits per heavy atom. The molecule has 74 valence electrons. The van der Waals surface area contributed by atoms with Crippen molar-refractivity contribution in [2.75, 3.05) is 7.11 Å². The van der Waals surface area contributed by atoms with Gasteiger partial charge in [-0.2, -0.15) is 0 Å². The third kappa shape index (κ3) is 3.69. The molecule has 0 atom stereocenters. The highest BCUT2D eigenvalue weighted by Gasteiger charge is 2.33. The largest absolute Gasteiger partial charge is 0.406 e. The summed E-state index contributed by atoms with van der Waals surface area (Å²) in [6.45, 7) is 11.0. The number of rotatable bonds is 4. The molecule has 0 amide bonds. The summed E-state index contributed by atoms with van der Waals surface area (Å²) in [6.07, 6.45) is 0. The van der Waals surface area contributed by atoms with Gasteiger partial charge in [-0.3, -0.25) is 0 Å². The lowest BCUT2D eigenvalue weighted by Crippen LogP contribution is -2.59. The van der Waals surface area contributed by atoms with Crippen molar-refractivity contribution < 1.29 is 4.43 Å². The first-order valence-electron chi connectivity index (χ1n) is 4.73. The van der Waals surface area contributed by atoms with Crippen LogP contribution in [0.1, 0.15) is 34.6 Å². The number of nitrogens with one attached hydrogen (secondary N) is 1. The monoisotopic (exact) mass is 189 g/mol. The molecule has 0 spiro atoms. The van der Waals surface area contributed by atoms with Gasteiger partial charge in [-0.05, 0) is 32.9 Å². The average Bonchev–Trinajstić information content (AvgIpc) is 1.99. The lowest BCUT2D eigenvalue weighted by molar-refractivity contribution is 0.349. The fourth-order valence-electron chi connectivity index (χ4n) is 1.45. The molecular weight excluding hydrogens is 166 g/mol. The van der Waals surface area contributed by atoms with Gasteiger partial charge >= 0.3 is 0 Å². The highest BCUT2D eigenvalue weighted by Crippen LogP contribution is 2.16. The standard InChI is InChI=1S/C9H23NOSi/c1-7-12(8-2,11-6)10-9(3,4)5/h10H,7-8H2,1-6H3. The maximum atomic E-state index is 5.64. The van der Waals surface area contributed by atoms with E-state index in [1.807, 2.05) is 7.11 Å². The van der Waals surface area contributed by atoms with Crippen LogP contribution in [-0.4, -0.2) is 21.1 Å². The lowest BCUT2D eigenvalue weighted by atomic mass is 10.1. The van der Waals surface area contributed by atoms with Crippen molar-refractivity contribution in [3.8, 4) is 0 Å². The van der Waals surface area contributed by atoms with E-state index < -0.39 is 8.48 Å². The van der Waals surface area contributed by atoms with Gasteiger partial charge < -0.3 is 9.41 Å². The molecule has 0 aromatic rings. The second kappa shape index (κ2) is 4.39. The van der Waals surface area contributed by atoms with Gasteiger partial charge in [-0.1, -0.05) is 13.8 Å². The molecule has 3 heteroatoms. The van der Waals surface area contributed by atoms with Crippen molar-refractivity contribution >= 4 is 8.48 Å². The van der Waals surface area contributed by atoms with Gasteiger partial charge in [0.15, 0.2) is 0 Å². The van der Waals surface area contributed by atoms with Gasteiger partial charge in [0, 0.05) is 12.6 Å². The molecule has 0 aliphatic rings. The van der Waals surface area contributed by atoms with E-state index in [9.17, 15) is 0 Å². The SMILES string of the molecule is CC[Si](CC)(NC(C)(C)C)OC. The fourth-order valence-corrected chi connectivity index (χ4v) is 4.35. The smallest absolute Gasteiger partial charge is 0.268 e. The number of hydrogen-bond acceptors (Lipinski definition) is 2. The van der Waals surface area contributed by atoms with Crippen LogP contribution in [0.25, 0.3) is 0 Å². The molecule has 0 unspecified atom stereocenters. The molecule has 0 bridgehead atoms. The second-order valence-corrected chi connectivity index (χ2v) is 8.34. The van der Waals surface area contributed by atoms with Crippen LogP contribution in [0.3, 0.4) is 0 Å². The summed E-state index contributed by atoms with van der Waals surface area (Å²) < 4.78 is 5.64. The molecule has 1 N–H and O–H groups in total. The van der Waals surface area contributed by atoms with Gasteiger partial charge in [0.2, 0.25) is 0 Å². The van der Waals surface area contributed by atoms with Crippen LogP contribution in [0.15, 0.2) is 0 Å². The molecule has 0 saturated heterocycles. The molecule has 2 nitrogen and oxygen atoms in total. The van der Waals surface area contributed by atoms with E-state index in [0.29, 0.717) is 0 Å². The van der Waals surface area contributed by atoms with Crippen LogP contribution in [0, 0.1) is 0 Å². The van der Waals surface area contributed by atoms with Crippen LogP contribution in [0.2, 0.25) is 12.1 Å². The minimum absolute atomic E-state index is 0.175. The summed E-state index contributed by atoms with van der Waals surface area (Å²) in [5.74, 6) is 0. The number of hydrogen-bond donors (Lipinski definition) is 1. The predicted molar refractivity (Wildman–Crippen MR) is 56.6 cm³/mol. The van der Waals surface area contributed by atoms with E-state index in [1.165, 1.54) is 0 Å². The van der Waals surface area contributed by atoms with Gasteiger partial charge in [-0.25, -0.2) is 0 Å². The third-order valence-electron chi connectivity index (χ3n) is 2.14. The lowest BCUT2D eigenvalue weighted by Gasteiger charge is -2.35. The molecule has 0 aromatic carbocycles. The third-order valence-corrected chi connectivity index (χ3v) is 6.41. The Kier molecular flexibility index (Phi) is 4.44. The van der Waals surface area contributed by atoms with E-state index in [1.54, 1.807) is 0 Å². The molecular formula is C9H23NOSi. The maximum Gasteiger partial charge on any atom is 0.268 e. The van der Waals surface area contributed by atoms with Crippen molar-refractivity contribution in [1.29, 1.82) is 0 Å². The maximum absolute atomic E-state index is 5.64. The highest BCUT2D eigenvalue weighted by molar-refractivity contribution is 6.71. The van der Waals surface area contributed by atoms with Crippen LogP contribution in [0.5, 0.6) is 0 Å². The van der Waals surface area contributed by atoms with Crippen LogP contribution < -0.4 is 4.98 Å². The Morgan fingerprint density at radius 1 is 1.17 bits per heavy atom. The first-order valence-corrected chi connectivity index (χ1v) is 7.06. The van der Waals surface area contributed by atoms with Crippen molar-refractivity contribution in [1.82, 2.24) is 4.98 Å². The van der Waals surface area contributed by atoms with Crippen LogP contribution >= 0.6 is 0 Å². The van der Waals surface area contributed by atoms with E-state index in [-0.39, 0.29) is 5.54 Å². The van der Waals surface area contributed by atoms with Crippen LogP contribution in [-0.2, 0) is 4.43 Å². The summed E-state index contributed by atoms with van der Waals surface area (Å²) >= 11 is 0. The summed E-state index contributed by atoms with van der Waals surface area (Å²) in [6, 6.07) is 2.27. The predicted octanol–water partition coefficient (Wildman–Crippen LogP) is 2.50. The molecule has 0 aliphatic heterocycles. The minimum Gasteiger partial charge on any atom is -0.406 e. The van der Waals surface area contributed by atoms with Gasteiger partial charge in [-0.15, -0.1) is 0 Å². The first-order chi connectivity index (χ1) is 5.39. The summed E-state index contributed by atoms with van der Waals surface area (Å²) in [7, 11) is 0.228. The molecule has 0 aliphatic carbocycles. The molecule has 0 aromatic heterocycles. The molecule has 0 saturated carbocycles. The molecule has 0 radical (unpaired) electrons. The van der Waals surface area contributed by atoms with Crippen molar-refractivity contribution in [3.05, 3.63) is 0 Å². The minimum atomic E-state index is -1.60. The zero-order valence-corrected chi connectivity index (χ0v) is 10.3. The topological polar surface area (TPSA) is 21.3 Å². The normalized spacial score (nSPS) is 13.5. The Morgan fingerprint density at radius 3 is 1.67 bits per heavy atom. The zero-order valence-electron chi connectivity index (χ0n) is 9.32. The van der Waals surface area contributed by atoms with Crippen molar-refractivity contribution in [3.63, 3.8) is 0 Å². The van der Waals surface area contributed by atoms with Crippen molar-refractivity contribution in [2.24, 2.45) is 0 Å². The van der Waals surface area contributed by atoms with Crippen molar-refractivity contribution in [2.45, 2.75) is 52.2 Å². The summed E-state index contributed by atoms with van der Waals surface area (Å²) in [5, 5.41) is 0. The fraction of sp³-hybridized carbons (Fsp3) is 1.00. The second-order valence-electron chi connectivity index (χ2n) is 4.28. The van der Waals surface area contributed by atoms with Gasteiger partial charge in [0.05, 0.1) is 0 Å². The Hall–Kier alpha value is 0.137.